The molecular weight excluding hydrogens is 150 g/mol. The molecule has 12 heavy (non-hydrogen) atoms. The summed E-state index contributed by atoms with van der Waals surface area (Å²) in [7, 11) is 0. The maximum absolute atomic E-state index is 11.1. The van der Waals surface area contributed by atoms with Gasteiger partial charge in [0.05, 0.1) is 6.04 Å². The molecule has 3 aliphatic rings. The Hall–Kier alpha value is -0.790. The first-order chi connectivity index (χ1) is 5.84. The molecule has 3 atom stereocenters. The third kappa shape index (κ3) is 0.728. The van der Waals surface area contributed by atoms with Crippen molar-refractivity contribution in [1.82, 2.24) is 5.32 Å². The number of nitrogens with one attached hydrogen (secondary N) is 1. The van der Waals surface area contributed by atoms with Crippen molar-refractivity contribution in [3.05, 3.63) is 11.6 Å². The lowest BCUT2D eigenvalue weighted by Crippen LogP contribution is -2.27. The summed E-state index contributed by atoms with van der Waals surface area (Å²) in [5, 5.41) is 3.08. The number of carbonyl (C=O) groups excluding carboxylic acids is 1. The molecule has 0 bridgehead atoms. The summed E-state index contributed by atoms with van der Waals surface area (Å²) in [6.45, 7) is 0. The van der Waals surface area contributed by atoms with Gasteiger partial charge in [-0.25, -0.2) is 0 Å². The van der Waals surface area contributed by atoms with Crippen molar-refractivity contribution < 1.29 is 4.79 Å². The monoisotopic (exact) mass is 163 g/mol. The highest BCUT2D eigenvalue weighted by Crippen LogP contribution is 2.46. The van der Waals surface area contributed by atoms with E-state index in [0.29, 0.717) is 12.0 Å². The van der Waals surface area contributed by atoms with Gasteiger partial charge < -0.3 is 5.32 Å². The molecule has 1 amide bonds. The average Bonchev–Trinajstić information content (AvgIpc) is 2.59. The number of rotatable bonds is 0. The van der Waals surface area contributed by atoms with Gasteiger partial charge in [-0.1, -0.05) is 6.08 Å². The predicted octanol–water partition coefficient (Wildman–Crippen LogP) is 1.23. The minimum absolute atomic E-state index is 0.260. The van der Waals surface area contributed by atoms with Crippen molar-refractivity contribution in [3.63, 3.8) is 0 Å². The van der Waals surface area contributed by atoms with E-state index in [1.807, 2.05) is 0 Å². The smallest absolute Gasteiger partial charge is 0.220 e. The van der Waals surface area contributed by atoms with Crippen LogP contribution in [-0.2, 0) is 4.79 Å². The molecular formula is C10H13NO. The molecule has 1 saturated carbocycles. The first-order valence-corrected chi connectivity index (χ1v) is 4.84. The molecule has 2 aliphatic carbocycles. The quantitative estimate of drug-likeness (QED) is 0.535. The molecule has 1 heterocycles. The summed E-state index contributed by atoms with van der Waals surface area (Å²) in [5.41, 5.74) is 1.55. The minimum atomic E-state index is 0.260. The van der Waals surface area contributed by atoms with E-state index in [0.717, 1.165) is 12.3 Å². The number of amides is 1. The lowest BCUT2D eigenvalue weighted by molar-refractivity contribution is -0.119. The highest BCUT2D eigenvalue weighted by atomic mass is 16.2. The Labute approximate surface area is 72.0 Å². The van der Waals surface area contributed by atoms with Crippen LogP contribution in [0.4, 0.5) is 0 Å². The summed E-state index contributed by atoms with van der Waals surface area (Å²) in [5.74, 6) is 1.71. The fraction of sp³-hybridized carbons (Fsp3) is 0.700. The molecule has 0 spiro atoms. The van der Waals surface area contributed by atoms with Crippen molar-refractivity contribution in [3.8, 4) is 0 Å². The lowest BCUT2D eigenvalue weighted by atomic mass is 10.0. The van der Waals surface area contributed by atoms with Gasteiger partial charge in [-0.05, 0) is 36.7 Å². The number of allylic oxidation sites excluding steroid dienone is 1. The molecule has 2 heteroatoms. The maximum atomic E-state index is 11.1. The molecule has 0 aromatic carbocycles. The van der Waals surface area contributed by atoms with E-state index in [4.69, 9.17) is 0 Å². The van der Waals surface area contributed by atoms with Gasteiger partial charge >= 0.3 is 0 Å². The Kier molecular flexibility index (Phi) is 1.18. The van der Waals surface area contributed by atoms with E-state index in [1.165, 1.54) is 19.3 Å². The van der Waals surface area contributed by atoms with Crippen molar-refractivity contribution in [1.29, 1.82) is 0 Å². The Morgan fingerprint density at radius 2 is 2.42 bits per heavy atom. The summed E-state index contributed by atoms with van der Waals surface area (Å²) in [4.78, 5) is 11.1. The van der Waals surface area contributed by atoms with Gasteiger partial charge in [0.2, 0.25) is 5.91 Å². The van der Waals surface area contributed by atoms with E-state index in [-0.39, 0.29) is 5.91 Å². The number of hydrogen-bond acceptors (Lipinski definition) is 1. The Morgan fingerprint density at radius 1 is 1.50 bits per heavy atom. The van der Waals surface area contributed by atoms with Gasteiger partial charge in [-0.2, -0.15) is 0 Å². The van der Waals surface area contributed by atoms with Gasteiger partial charge in [-0.15, -0.1) is 0 Å². The van der Waals surface area contributed by atoms with Gasteiger partial charge in [0.25, 0.3) is 0 Å². The second-order valence-electron chi connectivity index (χ2n) is 4.22. The van der Waals surface area contributed by atoms with Crippen LogP contribution >= 0.6 is 0 Å². The lowest BCUT2D eigenvalue weighted by Gasteiger charge is -2.09. The van der Waals surface area contributed by atoms with Gasteiger partial charge in [-0.3, -0.25) is 4.79 Å². The molecule has 1 N–H and O–H groups in total. The van der Waals surface area contributed by atoms with E-state index < -0.39 is 0 Å². The first-order valence-electron chi connectivity index (χ1n) is 4.84. The van der Waals surface area contributed by atoms with E-state index in [1.54, 1.807) is 5.57 Å². The van der Waals surface area contributed by atoms with Gasteiger partial charge in [0.15, 0.2) is 0 Å². The second-order valence-corrected chi connectivity index (χ2v) is 4.22. The summed E-state index contributed by atoms with van der Waals surface area (Å²) < 4.78 is 0. The van der Waals surface area contributed by atoms with Gasteiger partial charge in [0, 0.05) is 6.42 Å². The van der Waals surface area contributed by atoms with Crippen LogP contribution in [0.2, 0.25) is 0 Å². The Morgan fingerprint density at radius 3 is 3.33 bits per heavy atom. The zero-order valence-corrected chi connectivity index (χ0v) is 7.05. The van der Waals surface area contributed by atoms with Crippen LogP contribution < -0.4 is 5.32 Å². The average molecular weight is 163 g/mol. The molecule has 0 unspecified atom stereocenters. The van der Waals surface area contributed by atoms with Crippen molar-refractivity contribution in [2.45, 2.75) is 31.7 Å². The zero-order chi connectivity index (χ0) is 8.13. The van der Waals surface area contributed by atoms with Crippen LogP contribution in [0, 0.1) is 11.8 Å². The van der Waals surface area contributed by atoms with E-state index in [2.05, 4.69) is 11.4 Å². The summed E-state index contributed by atoms with van der Waals surface area (Å²) in [6.07, 6.45) is 6.95. The maximum Gasteiger partial charge on any atom is 0.220 e. The largest absolute Gasteiger partial charge is 0.349 e. The second kappa shape index (κ2) is 2.12. The third-order valence-corrected chi connectivity index (χ3v) is 3.55. The van der Waals surface area contributed by atoms with Crippen LogP contribution in [0.25, 0.3) is 0 Å². The fourth-order valence-corrected chi connectivity index (χ4v) is 3.07. The first kappa shape index (κ1) is 6.70. The van der Waals surface area contributed by atoms with Crippen LogP contribution in [-0.4, -0.2) is 11.9 Å². The van der Waals surface area contributed by atoms with Crippen molar-refractivity contribution in [2.24, 2.45) is 11.8 Å². The fourth-order valence-electron chi connectivity index (χ4n) is 3.07. The van der Waals surface area contributed by atoms with Gasteiger partial charge in [0.1, 0.15) is 0 Å². The molecule has 0 aromatic rings. The van der Waals surface area contributed by atoms with Crippen LogP contribution in [0.5, 0.6) is 0 Å². The predicted molar refractivity (Wildman–Crippen MR) is 45.5 cm³/mol. The molecule has 1 saturated heterocycles. The molecule has 2 fully saturated rings. The van der Waals surface area contributed by atoms with Crippen molar-refractivity contribution >= 4 is 5.91 Å². The number of carbonyl (C=O) groups is 1. The molecule has 2 nitrogen and oxygen atoms in total. The number of hydrogen-bond donors (Lipinski definition) is 1. The van der Waals surface area contributed by atoms with E-state index in [9.17, 15) is 4.79 Å². The van der Waals surface area contributed by atoms with Crippen LogP contribution in [0.1, 0.15) is 25.7 Å². The molecule has 1 aliphatic heterocycles. The normalized spacial score (nSPS) is 43.8. The zero-order valence-electron chi connectivity index (χ0n) is 7.05. The van der Waals surface area contributed by atoms with Crippen molar-refractivity contribution in [2.75, 3.05) is 0 Å². The molecule has 0 radical (unpaired) electrons. The highest BCUT2D eigenvalue weighted by molar-refractivity contribution is 5.80. The Balaban J connectivity index is 1.93. The standard InChI is InChI=1S/C10H13NO/c12-9-5-7-4-6-2-1-3-8(6)10(7)11-9/h3,6-7,10H,1-2,4-5H2,(H,11,12)/t6-,7+,10-/m0/s1. The topological polar surface area (TPSA) is 29.1 Å². The third-order valence-electron chi connectivity index (χ3n) is 3.55. The van der Waals surface area contributed by atoms with E-state index >= 15 is 0 Å². The molecule has 0 aromatic heterocycles. The SMILES string of the molecule is O=C1C[C@H]2C[C@@H]3CCC=C3[C@H]2N1. The molecule has 3 rings (SSSR count). The number of fused-ring (bicyclic) bond motifs is 3. The van der Waals surface area contributed by atoms with Crippen LogP contribution in [0.3, 0.4) is 0 Å². The summed E-state index contributed by atoms with van der Waals surface area (Å²) >= 11 is 0. The highest BCUT2D eigenvalue weighted by Gasteiger charge is 2.45. The van der Waals surface area contributed by atoms with Crippen LogP contribution in [0.15, 0.2) is 11.6 Å². The minimum Gasteiger partial charge on any atom is -0.349 e. The molecule has 64 valence electrons. The summed E-state index contributed by atoms with van der Waals surface area (Å²) in [6, 6.07) is 0.435. The Bertz CT molecular complexity index is 269.